The number of aliphatic hydroxyl groups excluding tert-OH is 1. The second-order valence-corrected chi connectivity index (χ2v) is 6.59. The van der Waals surface area contributed by atoms with Crippen LogP contribution in [0, 0.1) is 0 Å². The van der Waals surface area contributed by atoms with Gasteiger partial charge >= 0.3 is 5.97 Å². The van der Waals surface area contributed by atoms with Gasteiger partial charge in [0.25, 0.3) is 0 Å². The third kappa shape index (κ3) is 15.8. The Morgan fingerprint density at radius 3 is 1.67 bits per heavy atom. The molecule has 0 spiro atoms. The van der Waals surface area contributed by atoms with Crippen molar-refractivity contribution in [2.75, 3.05) is 6.61 Å². The lowest BCUT2D eigenvalue weighted by atomic mass is 10.0. The van der Waals surface area contributed by atoms with Crippen molar-refractivity contribution in [3.8, 4) is 0 Å². The largest absolute Gasteiger partial charge is 0.462 e. The number of primary amides is 1. The van der Waals surface area contributed by atoms with E-state index in [1.807, 2.05) is 0 Å². The minimum absolute atomic E-state index is 0.337. The molecule has 142 valence electrons. The molecule has 0 radical (unpaired) electrons. The van der Waals surface area contributed by atoms with Gasteiger partial charge in [0.1, 0.15) is 6.61 Å². The summed E-state index contributed by atoms with van der Waals surface area (Å²) in [5, 5.41) is 9.11. The Balaban J connectivity index is 3.22. The number of unbranched alkanes of at least 4 members (excludes halogenated alkanes) is 12. The first kappa shape index (κ1) is 22.9. The van der Waals surface area contributed by atoms with Gasteiger partial charge in [-0.3, -0.25) is 9.59 Å². The topological polar surface area (TPSA) is 89.6 Å². The van der Waals surface area contributed by atoms with Gasteiger partial charge in [-0.15, -0.1) is 0 Å². The van der Waals surface area contributed by atoms with Crippen LogP contribution in [0.25, 0.3) is 0 Å². The molecular formula is C19H37NO4. The number of hydrogen-bond donors (Lipinski definition) is 2. The maximum absolute atomic E-state index is 11.4. The molecule has 0 aromatic rings. The average molecular weight is 344 g/mol. The van der Waals surface area contributed by atoms with Crippen LogP contribution in [-0.4, -0.2) is 29.7 Å². The highest BCUT2D eigenvalue weighted by Gasteiger charge is 2.13. The zero-order chi connectivity index (χ0) is 18.0. The van der Waals surface area contributed by atoms with Crippen molar-refractivity contribution in [3.63, 3.8) is 0 Å². The van der Waals surface area contributed by atoms with Crippen LogP contribution in [0.4, 0.5) is 0 Å². The highest BCUT2D eigenvalue weighted by atomic mass is 16.5. The van der Waals surface area contributed by atoms with E-state index in [1.165, 1.54) is 64.2 Å². The summed E-state index contributed by atoms with van der Waals surface area (Å²) >= 11 is 0. The van der Waals surface area contributed by atoms with Crippen molar-refractivity contribution < 1.29 is 19.4 Å². The minimum Gasteiger partial charge on any atom is -0.462 e. The van der Waals surface area contributed by atoms with Crippen LogP contribution in [0.1, 0.15) is 96.8 Å². The van der Waals surface area contributed by atoms with Gasteiger partial charge < -0.3 is 15.6 Å². The standard InChI is InChI=1S/C19H37NO4/c1-2-3-4-5-6-7-8-9-10-11-12-13-14-15-18(22)24-16-17(21)19(20)23/h17,21H,2-16H2,1H3,(H2,20,23). The lowest BCUT2D eigenvalue weighted by molar-refractivity contribution is -0.148. The van der Waals surface area contributed by atoms with E-state index in [2.05, 4.69) is 6.92 Å². The van der Waals surface area contributed by atoms with E-state index < -0.39 is 12.0 Å². The Morgan fingerprint density at radius 2 is 1.25 bits per heavy atom. The zero-order valence-electron chi connectivity index (χ0n) is 15.4. The molecule has 0 aromatic carbocycles. The van der Waals surface area contributed by atoms with Crippen molar-refractivity contribution in [1.29, 1.82) is 0 Å². The van der Waals surface area contributed by atoms with Crippen LogP contribution < -0.4 is 5.73 Å². The first-order valence-electron chi connectivity index (χ1n) is 9.71. The summed E-state index contributed by atoms with van der Waals surface area (Å²) in [5.41, 5.74) is 4.87. The monoisotopic (exact) mass is 343 g/mol. The highest BCUT2D eigenvalue weighted by Crippen LogP contribution is 2.13. The van der Waals surface area contributed by atoms with E-state index in [1.54, 1.807) is 0 Å². The van der Waals surface area contributed by atoms with Crippen LogP contribution >= 0.6 is 0 Å². The molecular weight excluding hydrogens is 306 g/mol. The molecule has 0 bridgehead atoms. The lowest BCUT2D eigenvalue weighted by Gasteiger charge is -2.07. The van der Waals surface area contributed by atoms with E-state index in [4.69, 9.17) is 15.6 Å². The molecule has 0 saturated carbocycles. The van der Waals surface area contributed by atoms with Gasteiger partial charge in [0.15, 0.2) is 6.10 Å². The summed E-state index contributed by atoms with van der Waals surface area (Å²) in [6.07, 6.45) is 15.3. The average Bonchev–Trinajstić information content (AvgIpc) is 2.56. The Morgan fingerprint density at radius 1 is 0.833 bits per heavy atom. The highest BCUT2D eigenvalue weighted by molar-refractivity contribution is 5.79. The van der Waals surface area contributed by atoms with E-state index >= 15 is 0 Å². The number of carbonyl (C=O) groups is 2. The SMILES string of the molecule is CCCCCCCCCCCCCCCC(=O)OCC(O)C(N)=O. The van der Waals surface area contributed by atoms with E-state index in [0.717, 1.165) is 19.3 Å². The minimum atomic E-state index is -1.40. The maximum atomic E-state index is 11.4. The first-order valence-corrected chi connectivity index (χ1v) is 9.71. The number of hydrogen-bond acceptors (Lipinski definition) is 4. The van der Waals surface area contributed by atoms with Crippen molar-refractivity contribution in [1.82, 2.24) is 0 Å². The predicted molar refractivity (Wildman–Crippen MR) is 96.5 cm³/mol. The number of carbonyl (C=O) groups excluding carboxylic acids is 2. The number of esters is 1. The molecule has 1 amide bonds. The molecule has 0 aliphatic carbocycles. The molecule has 0 aromatic heterocycles. The Labute approximate surface area is 147 Å². The fourth-order valence-corrected chi connectivity index (χ4v) is 2.61. The smallest absolute Gasteiger partial charge is 0.305 e. The predicted octanol–water partition coefficient (Wildman–Crippen LogP) is 3.86. The number of amides is 1. The molecule has 0 heterocycles. The molecule has 0 aliphatic rings. The molecule has 24 heavy (non-hydrogen) atoms. The number of ether oxygens (including phenoxy) is 1. The molecule has 0 saturated heterocycles. The second kappa shape index (κ2) is 16.7. The fraction of sp³-hybridized carbons (Fsp3) is 0.895. The molecule has 5 heteroatoms. The summed E-state index contributed by atoms with van der Waals surface area (Å²) in [5.74, 6) is -1.25. The van der Waals surface area contributed by atoms with Gasteiger partial charge in [0.05, 0.1) is 0 Å². The number of aliphatic hydroxyl groups is 1. The summed E-state index contributed by atoms with van der Waals surface area (Å²) < 4.78 is 4.78. The summed E-state index contributed by atoms with van der Waals surface area (Å²) in [4.78, 5) is 22.0. The molecule has 3 N–H and O–H groups in total. The Hall–Kier alpha value is -1.10. The number of rotatable bonds is 17. The van der Waals surface area contributed by atoms with E-state index in [-0.39, 0.29) is 12.6 Å². The Bertz CT molecular complexity index is 320. The molecule has 0 rings (SSSR count). The second-order valence-electron chi connectivity index (χ2n) is 6.59. The van der Waals surface area contributed by atoms with Crippen LogP contribution in [0.2, 0.25) is 0 Å². The fourth-order valence-electron chi connectivity index (χ4n) is 2.61. The van der Waals surface area contributed by atoms with Crippen LogP contribution in [0.3, 0.4) is 0 Å². The summed E-state index contributed by atoms with van der Waals surface area (Å²) in [6.45, 7) is 1.91. The first-order chi connectivity index (χ1) is 11.6. The summed E-state index contributed by atoms with van der Waals surface area (Å²) in [7, 11) is 0. The lowest BCUT2D eigenvalue weighted by Crippen LogP contribution is -2.33. The van der Waals surface area contributed by atoms with Gasteiger partial charge in [-0.1, -0.05) is 84.0 Å². The molecule has 0 fully saturated rings. The van der Waals surface area contributed by atoms with Crippen molar-refractivity contribution in [2.45, 2.75) is 103 Å². The Kier molecular flexibility index (Phi) is 16.0. The summed E-state index contributed by atoms with van der Waals surface area (Å²) in [6, 6.07) is 0. The third-order valence-corrected chi connectivity index (χ3v) is 4.22. The van der Waals surface area contributed by atoms with Crippen molar-refractivity contribution in [3.05, 3.63) is 0 Å². The molecule has 1 atom stereocenters. The molecule has 1 unspecified atom stereocenters. The van der Waals surface area contributed by atoms with Gasteiger partial charge in [0, 0.05) is 6.42 Å². The van der Waals surface area contributed by atoms with Crippen LogP contribution in [-0.2, 0) is 14.3 Å². The van der Waals surface area contributed by atoms with Crippen molar-refractivity contribution >= 4 is 11.9 Å². The van der Waals surface area contributed by atoms with Crippen molar-refractivity contribution in [2.24, 2.45) is 5.73 Å². The normalized spacial score (nSPS) is 12.1. The van der Waals surface area contributed by atoms with Gasteiger partial charge in [-0.2, -0.15) is 0 Å². The van der Waals surface area contributed by atoms with Gasteiger partial charge in [-0.25, -0.2) is 0 Å². The quantitative estimate of drug-likeness (QED) is 0.310. The van der Waals surface area contributed by atoms with Gasteiger partial charge in [0.2, 0.25) is 5.91 Å². The molecule has 0 aliphatic heterocycles. The van der Waals surface area contributed by atoms with Crippen LogP contribution in [0.15, 0.2) is 0 Å². The number of nitrogens with two attached hydrogens (primary N) is 1. The zero-order valence-corrected chi connectivity index (χ0v) is 15.4. The molecule has 5 nitrogen and oxygen atoms in total. The van der Waals surface area contributed by atoms with Gasteiger partial charge in [-0.05, 0) is 6.42 Å². The van der Waals surface area contributed by atoms with E-state index in [0.29, 0.717) is 6.42 Å². The third-order valence-electron chi connectivity index (χ3n) is 4.22. The maximum Gasteiger partial charge on any atom is 0.305 e. The van der Waals surface area contributed by atoms with E-state index in [9.17, 15) is 9.59 Å². The van der Waals surface area contributed by atoms with Crippen LogP contribution in [0.5, 0.6) is 0 Å².